The number of nitrogens with zero attached hydrogens (tertiary/aromatic N) is 1. The fourth-order valence-corrected chi connectivity index (χ4v) is 4.21. The van der Waals surface area contributed by atoms with Gasteiger partial charge in [0.25, 0.3) is 0 Å². The Labute approximate surface area is 127 Å². The predicted molar refractivity (Wildman–Crippen MR) is 88.7 cm³/mol. The number of rotatable bonds is 5. The van der Waals surface area contributed by atoms with Crippen LogP contribution in [0.25, 0.3) is 0 Å². The number of hydrogen-bond acceptors (Lipinski definition) is 3. The molecule has 1 aromatic carbocycles. The molecule has 2 aliphatic rings. The van der Waals surface area contributed by atoms with Gasteiger partial charge in [0.05, 0.1) is 0 Å². The van der Waals surface area contributed by atoms with Crippen molar-refractivity contribution in [3.8, 4) is 0 Å². The van der Waals surface area contributed by atoms with Gasteiger partial charge in [-0.15, -0.1) is 0 Å². The highest BCUT2D eigenvalue weighted by Crippen LogP contribution is 2.36. The van der Waals surface area contributed by atoms with Crippen LogP contribution < -0.4 is 5.32 Å². The maximum absolute atomic E-state index is 3.73. The molecule has 0 spiro atoms. The molecule has 1 N–H and O–H groups in total. The minimum atomic E-state index is 0.750. The summed E-state index contributed by atoms with van der Waals surface area (Å²) in [6.07, 6.45) is 2.64. The molecule has 3 heteroatoms. The van der Waals surface area contributed by atoms with Crippen LogP contribution in [0.4, 0.5) is 0 Å². The minimum absolute atomic E-state index is 0.750. The first-order valence-corrected chi connectivity index (χ1v) is 9.07. The third-order valence-electron chi connectivity index (χ3n) is 4.62. The lowest BCUT2D eigenvalue weighted by Crippen LogP contribution is -2.44. The van der Waals surface area contributed by atoms with Crippen LogP contribution in [-0.4, -0.2) is 48.6 Å². The Kier molecular flexibility index (Phi) is 5.03. The molecule has 1 aliphatic heterocycles. The van der Waals surface area contributed by atoms with Crippen molar-refractivity contribution in [2.24, 2.45) is 0 Å². The summed E-state index contributed by atoms with van der Waals surface area (Å²) >= 11 is 2.09. The summed E-state index contributed by atoms with van der Waals surface area (Å²) in [5.41, 5.74) is 2.93. The molecule has 1 heterocycles. The van der Waals surface area contributed by atoms with Crippen LogP contribution in [0.1, 0.15) is 29.9 Å². The van der Waals surface area contributed by atoms with E-state index in [1.807, 2.05) is 0 Å². The van der Waals surface area contributed by atoms with Gasteiger partial charge in [-0.25, -0.2) is 0 Å². The van der Waals surface area contributed by atoms with Gasteiger partial charge in [0.1, 0.15) is 0 Å². The molecule has 0 atom stereocenters. The van der Waals surface area contributed by atoms with Crippen molar-refractivity contribution in [3.05, 3.63) is 35.4 Å². The van der Waals surface area contributed by atoms with Crippen LogP contribution in [0.5, 0.6) is 0 Å². The molecule has 0 radical (unpaired) electrons. The van der Waals surface area contributed by atoms with Crippen LogP contribution in [0.2, 0.25) is 0 Å². The second-order valence-corrected chi connectivity index (χ2v) is 7.41. The first-order valence-electron chi connectivity index (χ1n) is 7.91. The lowest BCUT2D eigenvalue weighted by Gasteiger charge is -2.37. The summed E-state index contributed by atoms with van der Waals surface area (Å²) in [5, 5.41) is 3.73. The standard InChI is InChI=1S/C17H26N2S/c1-14-3-2-4-15(11-14)16-12-17(13-16)18-5-6-19-7-9-20-10-8-19/h2-4,11,16-18H,5-10,12-13H2,1H3. The van der Waals surface area contributed by atoms with Crippen LogP contribution in [0.3, 0.4) is 0 Å². The molecule has 20 heavy (non-hydrogen) atoms. The summed E-state index contributed by atoms with van der Waals surface area (Å²) in [4.78, 5) is 2.60. The highest BCUT2D eigenvalue weighted by molar-refractivity contribution is 7.99. The minimum Gasteiger partial charge on any atom is -0.313 e. The van der Waals surface area contributed by atoms with Crippen molar-refractivity contribution in [2.75, 3.05) is 37.7 Å². The number of thioether (sulfide) groups is 1. The van der Waals surface area contributed by atoms with Crippen molar-refractivity contribution >= 4 is 11.8 Å². The fourth-order valence-electron chi connectivity index (χ4n) is 3.23. The normalized spacial score (nSPS) is 27.2. The van der Waals surface area contributed by atoms with E-state index in [4.69, 9.17) is 0 Å². The summed E-state index contributed by atoms with van der Waals surface area (Å²) in [6.45, 7) is 7.14. The van der Waals surface area contributed by atoms with Gasteiger partial charge in [-0.2, -0.15) is 11.8 Å². The van der Waals surface area contributed by atoms with E-state index in [-0.39, 0.29) is 0 Å². The zero-order valence-electron chi connectivity index (χ0n) is 12.5. The van der Waals surface area contributed by atoms with Crippen molar-refractivity contribution < 1.29 is 0 Å². The summed E-state index contributed by atoms with van der Waals surface area (Å²) in [5.74, 6) is 3.43. The van der Waals surface area contributed by atoms with Gasteiger partial charge in [0.15, 0.2) is 0 Å². The Balaban J connectivity index is 1.34. The molecule has 3 rings (SSSR count). The van der Waals surface area contributed by atoms with Gasteiger partial charge in [-0.1, -0.05) is 29.8 Å². The number of hydrogen-bond donors (Lipinski definition) is 1. The van der Waals surface area contributed by atoms with Gasteiger partial charge < -0.3 is 10.2 Å². The van der Waals surface area contributed by atoms with E-state index in [0.717, 1.165) is 18.5 Å². The molecule has 2 fully saturated rings. The van der Waals surface area contributed by atoms with E-state index in [1.165, 1.54) is 55.1 Å². The summed E-state index contributed by atoms with van der Waals surface area (Å²) in [7, 11) is 0. The monoisotopic (exact) mass is 290 g/mol. The van der Waals surface area contributed by atoms with Gasteiger partial charge in [0.2, 0.25) is 0 Å². The molecule has 2 nitrogen and oxygen atoms in total. The Morgan fingerprint density at radius 1 is 1.25 bits per heavy atom. The molecular weight excluding hydrogens is 264 g/mol. The van der Waals surface area contributed by atoms with E-state index in [1.54, 1.807) is 0 Å². The molecular formula is C17H26N2S. The highest BCUT2D eigenvalue weighted by Gasteiger charge is 2.29. The van der Waals surface area contributed by atoms with Crippen LogP contribution in [-0.2, 0) is 0 Å². The van der Waals surface area contributed by atoms with E-state index < -0.39 is 0 Å². The Morgan fingerprint density at radius 2 is 2.05 bits per heavy atom. The van der Waals surface area contributed by atoms with Crippen LogP contribution >= 0.6 is 11.8 Å². The maximum atomic E-state index is 3.73. The Bertz CT molecular complexity index is 423. The summed E-state index contributed by atoms with van der Waals surface area (Å²) in [6, 6.07) is 9.78. The molecule has 0 aromatic heterocycles. The smallest absolute Gasteiger partial charge is 0.0108 e. The lowest BCUT2D eigenvalue weighted by atomic mass is 9.75. The van der Waals surface area contributed by atoms with E-state index in [0.29, 0.717) is 0 Å². The lowest BCUT2D eigenvalue weighted by molar-refractivity contribution is 0.255. The van der Waals surface area contributed by atoms with E-state index in [9.17, 15) is 0 Å². The molecule has 1 aliphatic carbocycles. The Morgan fingerprint density at radius 3 is 2.80 bits per heavy atom. The van der Waals surface area contributed by atoms with Gasteiger partial charge in [0, 0.05) is 43.7 Å². The number of nitrogens with one attached hydrogen (secondary N) is 1. The van der Waals surface area contributed by atoms with Crippen LogP contribution in [0, 0.1) is 6.92 Å². The molecule has 1 saturated heterocycles. The van der Waals surface area contributed by atoms with Gasteiger partial charge in [-0.3, -0.25) is 0 Å². The third kappa shape index (κ3) is 3.78. The van der Waals surface area contributed by atoms with E-state index in [2.05, 4.69) is 53.2 Å². The number of benzene rings is 1. The van der Waals surface area contributed by atoms with E-state index >= 15 is 0 Å². The van der Waals surface area contributed by atoms with Crippen molar-refractivity contribution in [2.45, 2.75) is 31.7 Å². The first kappa shape index (κ1) is 14.4. The van der Waals surface area contributed by atoms with Gasteiger partial charge >= 0.3 is 0 Å². The zero-order valence-corrected chi connectivity index (χ0v) is 13.3. The fraction of sp³-hybridized carbons (Fsp3) is 0.647. The average Bonchev–Trinajstić information content (AvgIpc) is 2.42. The number of aryl methyl sites for hydroxylation is 1. The van der Waals surface area contributed by atoms with Crippen molar-refractivity contribution in [1.82, 2.24) is 10.2 Å². The van der Waals surface area contributed by atoms with Crippen molar-refractivity contribution in [3.63, 3.8) is 0 Å². The molecule has 0 unspecified atom stereocenters. The molecule has 0 bridgehead atoms. The second-order valence-electron chi connectivity index (χ2n) is 6.19. The Hall–Kier alpha value is -0.510. The zero-order chi connectivity index (χ0) is 13.8. The summed E-state index contributed by atoms with van der Waals surface area (Å²) < 4.78 is 0. The van der Waals surface area contributed by atoms with Crippen LogP contribution in [0.15, 0.2) is 24.3 Å². The molecule has 110 valence electrons. The maximum Gasteiger partial charge on any atom is 0.0108 e. The third-order valence-corrected chi connectivity index (χ3v) is 5.56. The SMILES string of the molecule is Cc1cccc(C2CC(NCCN3CCSCC3)C2)c1. The first-order chi connectivity index (χ1) is 9.81. The largest absolute Gasteiger partial charge is 0.313 e. The molecule has 0 amide bonds. The quantitative estimate of drug-likeness (QED) is 0.898. The predicted octanol–water partition coefficient (Wildman–Crippen LogP) is 2.88. The molecule has 1 saturated carbocycles. The van der Waals surface area contributed by atoms with Crippen molar-refractivity contribution in [1.29, 1.82) is 0 Å². The average molecular weight is 290 g/mol. The molecule has 1 aromatic rings. The topological polar surface area (TPSA) is 15.3 Å². The highest BCUT2D eigenvalue weighted by atomic mass is 32.2. The second kappa shape index (κ2) is 6.97. The van der Waals surface area contributed by atoms with Gasteiger partial charge in [-0.05, 0) is 31.2 Å².